The van der Waals surface area contributed by atoms with Gasteiger partial charge in [-0.3, -0.25) is 9.59 Å². The van der Waals surface area contributed by atoms with E-state index in [-0.39, 0.29) is 29.8 Å². The van der Waals surface area contributed by atoms with Crippen LogP contribution in [0.2, 0.25) is 0 Å². The summed E-state index contributed by atoms with van der Waals surface area (Å²) in [4.78, 5) is 36.9. The number of nitrogens with zero attached hydrogens (tertiary/aromatic N) is 6. The summed E-state index contributed by atoms with van der Waals surface area (Å²) >= 11 is 0. The minimum Gasteiger partial charge on any atom is -0.352 e. The van der Waals surface area contributed by atoms with Crippen LogP contribution in [0.1, 0.15) is 114 Å². The molecule has 1 aliphatic carbocycles. The van der Waals surface area contributed by atoms with Gasteiger partial charge in [0.15, 0.2) is 11.7 Å². The first-order valence-corrected chi connectivity index (χ1v) is 15.4. The fourth-order valence-corrected chi connectivity index (χ4v) is 6.77. The number of amidine groups is 1. The number of nitrogens with one attached hydrogen (secondary N) is 2. The van der Waals surface area contributed by atoms with Crippen LogP contribution in [0.25, 0.3) is 0 Å². The maximum atomic E-state index is 14.3. The minimum absolute atomic E-state index is 0.0804. The number of rotatable bonds is 8. The van der Waals surface area contributed by atoms with Crippen molar-refractivity contribution in [1.29, 1.82) is 0 Å². The van der Waals surface area contributed by atoms with Crippen molar-refractivity contribution in [2.45, 2.75) is 104 Å². The van der Waals surface area contributed by atoms with Gasteiger partial charge >= 0.3 is 0 Å². The Labute approximate surface area is 243 Å². The van der Waals surface area contributed by atoms with E-state index in [4.69, 9.17) is 4.99 Å². The van der Waals surface area contributed by atoms with Gasteiger partial charge < -0.3 is 15.1 Å². The zero-order valence-electron chi connectivity index (χ0n) is 25.3. The number of likely N-dealkylation sites (tertiary alicyclic amines) is 1. The maximum Gasteiger partial charge on any atom is 0.291 e. The van der Waals surface area contributed by atoms with E-state index in [1.807, 2.05) is 24.3 Å². The second-order valence-electron chi connectivity index (χ2n) is 13.5. The van der Waals surface area contributed by atoms with Crippen molar-refractivity contribution in [2.24, 2.45) is 22.2 Å². The van der Waals surface area contributed by atoms with Crippen LogP contribution in [0.3, 0.4) is 0 Å². The quantitative estimate of drug-likeness (QED) is 0.473. The van der Waals surface area contributed by atoms with Crippen LogP contribution >= 0.6 is 0 Å². The summed E-state index contributed by atoms with van der Waals surface area (Å²) < 4.78 is 0. The Morgan fingerprint density at radius 2 is 1.78 bits per heavy atom. The van der Waals surface area contributed by atoms with Gasteiger partial charge in [0, 0.05) is 18.7 Å². The van der Waals surface area contributed by atoms with Crippen molar-refractivity contribution < 1.29 is 9.59 Å². The number of amides is 2. The number of hydrogen-bond donors (Lipinski definition) is 2. The van der Waals surface area contributed by atoms with Crippen LogP contribution in [0, 0.1) is 17.3 Å². The smallest absolute Gasteiger partial charge is 0.291 e. The van der Waals surface area contributed by atoms with Crippen LogP contribution in [0.15, 0.2) is 29.3 Å². The lowest BCUT2D eigenvalue weighted by atomic mass is 9.69. The van der Waals surface area contributed by atoms with E-state index in [9.17, 15) is 9.59 Å². The van der Waals surface area contributed by atoms with E-state index in [1.54, 1.807) is 0 Å². The molecular weight excluding hydrogens is 516 g/mol. The van der Waals surface area contributed by atoms with Crippen LogP contribution in [-0.2, 0) is 11.3 Å². The molecule has 0 bridgehead atoms. The lowest BCUT2D eigenvalue weighted by molar-refractivity contribution is -0.134. The van der Waals surface area contributed by atoms with E-state index in [0.29, 0.717) is 29.1 Å². The first kappa shape index (κ1) is 29.2. The topological polar surface area (TPSA) is 119 Å². The fraction of sp³-hybridized carbons (Fsp3) is 0.677. The van der Waals surface area contributed by atoms with Crippen LogP contribution in [0.4, 0.5) is 0 Å². The van der Waals surface area contributed by atoms with E-state index >= 15 is 0 Å². The molecule has 1 saturated heterocycles. The summed E-state index contributed by atoms with van der Waals surface area (Å²) in [5.41, 5.74) is 1.36. The molecule has 5 rings (SSSR count). The van der Waals surface area contributed by atoms with Gasteiger partial charge in [-0.05, 0) is 86.3 Å². The summed E-state index contributed by atoms with van der Waals surface area (Å²) in [5.74, 6) is 2.11. The number of hydrogen-bond acceptors (Lipinski definition) is 7. The number of benzene rings is 1. The number of carbonyl (C=O) groups excluding carboxylic acids is 2. The molecule has 1 atom stereocenters. The number of aromatic amines is 1. The lowest BCUT2D eigenvalue weighted by Gasteiger charge is -2.47. The molecule has 41 heavy (non-hydrogen) atoms. The Kier molecular flexibility index (Phi) is 8.47. The highest BCUT2D eigenvalue weighted by atomic mass is 16.2. The second-order valence-corrected chi connectivity index (χ2v) is 13.5. The highest BCUT2D eigenvalue weighted by Crippen LogP contribution is 2.50. The molecule has 2 N–H and O–H groups in total. The summed E-state index contributed by atoms with van der Waals surface area (Å²) in [6, 6.07) is 7.65. The lowest BCUT2D eigenvalue weighted by Crippen LogP contribution is -2.52. The molecule has 1 aromatic heterocycles. The number of tetrazole rings is 1. The first-order chi connectivity index (χ1) is 19.6. The summed E-state index contributed by atoms with van der Waals surface area (Å²) in [7, 11) is 0. The molecule has 10 nitrogen and oxygen atoms in total. The van der Waals surface area contributed by atoms with E-state index in [0.717, 1.165) is 70.0 Å². The molecule has 2 aliphatic heterocycles. The number of aliphatic imine (C=N–C) groups is 1. The molecule has 2 amide bonds. The van der Waals surface area contributed by atoms with Crippen molar-refractivity contribution in [1.82, 2.24) is 35.7 Å². The van der Waals surface area contributed by atoms with Crippen LogP contribution in [0.5, 0.6) is 0 Å². The van der Waals surface area contributed by atoms with E-state index in [1.165, 1.54) is 0 Å². The standard InChI is InChI=1S/C31H46N8O2/c1-21(2)8-13-25(22-9-11-23(12-10-22)28(40)32-20-26-34-36-37-35-26)39-29(41)27(38-18-6-7-19-38)33-31(39)16-14-24(15-17-31)30(3,4)5/h9-12,21,24-25H,6-8,13-20H2,1-5H3,(H,32,40)(H,34,35,36,37)/t24?,25-,31?/m1/s1. The molecule has 1 saturated carbocycles. The average molecular weight is 563 g/mol. The Balaban J connectivity index is 1.43. The van der Waals surface area contributed by atoms with Gasteiger partial charge in [-0.25, -0.2) is 4.99 Å². The molecule has 0 unspecified atom stereocenters. The highest BCUT2D eigenvalue weighted by molar-refractivity contribution is 6.39. The normalized spacial score (nSPS) is 23.9. The first-order valence-electron chi connectivity index (χ1n) is 15.4. The summed E-state index contributed by atoms with van der Waals surface area (Å²) in [5, 5.41) is 16.5. The highest BCUT2D eigenvalue weighted by Gasteiger charge is 2.53. The monoisotopic (exact) mass is 562 g/mol. The van der Waals surface area contributed by atoms with Crippen molar-refractivity contribution in [3.05, 3.63) is 41.2 Å². The number of aromatic nitrogens is 4. The Morgan fingerprint density at radius 3 is 2.37 bits per heavy atom. The van der Waals surface area contributed by atoms with Gasteiger partial charge in [0.1, 0.15) is 5.66 Å². The maximum absolute atomic E-state index is 14.3. The van der Waals surface area contributed by atoms with Gasteiger partial charge in [-0.1, -0.05) is 52.0 Å². The summed E-state index contributed by atoms with van der Waals surface area (Å²) in [6.07, 6.45) is 8.01. The predicted molar refractivity (Wildman–Crippen MR) is 158 cm³/mol. The Bertz CT molecular complexity index is 1220. The van der Waals surface area contributed by atoms with Gasteiger partial charge in [-0.15, -0.1) is 10.2 Å². The molecule has 1 spiro atoms. The zero-order chi connectivity index (χ0) is 29.2. The summed E-state index contributed by atoms with van der Waals surface area (Å²) in [6.45, 7) is 13.5. The molecule has 3 heterocycles. The average Bonchev–Trinajstić information content (AvgIpc) is 3.71. The molecule has 1 aromatic carbocycles. The molecule has 3 aliphatic rings. The number of carbonyl (C=O) groups is 2. The third kappa shape index (κ3) is 6.31. The van der Waals surface area contributed by atoms with Gasteiger partial charge in [0.2, 0.25) is 0 Å². The molecule has 0 radical (unpaired) electrons. The van der Waals surface area contributed by atoms with Crippen molar-refractivity contribution in [3.8, 4) is 0 Å². The minimum atomic E-state index is -0.501. The number of H-pyrrole nitrogens is 1. The molecular formula is C31H46N8O2. The Morgan fingerprint density at radius 1 is 1.10 bits per heavy atom. The van der Waals surface area contributed by atoms with Crippen molar-refractivity contribution in [2.75, 3.05) is 13.1 Å². The van der Waals surface area contributed by atoms with Crippen LogP contribution in [-0.4, -0.2) is 66.8 Å². The largest absolute Gasteiger partial charge is 0.352 e. The molecule has 2 aromatic rings. The Hall–Kier alpha value is -3.30. The third-order valence-electron chi connectivity index (χ3n) is 9.27. The molecule has 10 heteroatoms. The molecule has 222 valence electrons. The fourth-order valence-electron chi connectivity index (χ4n) is 6.77. The van der Waals surface area contributed by atoms with E-state index in [2.05, 4.69) is 70.4 Å². The SMILES string of the molecule is CC(C)CC[C@H](c1ccc(C(=O)NCc2nn[nH]n2)cc1)N1C(=O)C(N2CCCC2)=NC12CCC(C(C)(C)C)CC2. The third-order valence-corrected chi connectivity index (χ3v) is 9.27. The molecule has 2 fully saturated rings. The predicted octanol–water partition coefficient (Wildman–Crippen LogP) is 4.88. The van der Waals surface area contributed by atoms with Gasteiger partial charge in [0.05, 0.1) is 12.6 Å². The van der Waals surface area contributed by atoms with Gasteiger partial charge in [0.25, 0.3) is 11.8 Å². The van der Waals surface area contributed by atoms with Crippen molar-refractivity contribution in [3.63, 3.8) is 0 Å². The van der Waals surface area contributed by atoms with E-state index < -0.39 is 5.66 Å². The van der Waals surface area contributed by atoms with Crippen molar-refractivity contribution >= 4 is 17.6 Å². The van der Waals surface area contributed by atoms with Crippen LogP contribution < -0.4 is 5.32 Å². The second kappa shape index (κ2) is 11.9. The zero-order valence-corrected chi connectivity index (χ0v) is 25.3. The van der Waals surface area contributed by atoms with Gasteiger partial charge in [-0.2, -0.15) is 5.21 Å².